The first-order valence-corrected chi connectivity index (χ1v) is 9.82. The molecule has 3 rings (SSSR count). The number of piperazine rings is 1. The van der Waals surface area contributed by atoms with Gasteiger partial charge in [0.05, 0.1) is 5.69 Å². The molecule has 0 atom stereocenters. The molecular formula is C18H24N4O2S. The molecule has 2 aromatic carbocycles. The third-order valence-electron chi connectivity index (χ3n) is 4.49. The largest absolute Gasteiger partial charge is 0.399 e. The summed E-state index contributed by atoms with van der Waals surface area (Å²) in [6, 6.07) is 15.1. The molecule has 6 nitrogen and oxygen atoms in total. The smallest absolute Gasteiger partial charge is 0.242 e. The van der Waals surface area contributed by atoms with Gasteiger partial charge in [-0.05, 0) is 36.9 Å². The summed E-state index contributed by atoms with van der Waals surface area (Å²) in [5.74, 6) is 0. The van der Waals surface area contributed by atoms with Gasteiger partial charge in [-0.3, -0.25) is 4.90 Å². The normalized spacial score (nSPS) is 16.1. The lowest BCUT2D eigenvalue weighted by Gasteiger charge is -2.36. The predicted octanol–water partition coefficient (Wildman–Crippen LogP) is 1.50. The highest BCUT2D eigenvalue weighted by molar-refractivity contribution is 7.89. The van der Waals surface area contributed by atoms with Crippen LogP contribution in [0, 0.1) is 0 Å². The molecule has 0 bridgehead atoms. The molecule has 0 amide bonds. The number of nitrogens with zero attached hydrogens (tertiary/aromatic N) is 2. The summed E-state index contributed by atoms with van der Waals surface area (Å²) in [5.41, 5.74) is 8.59. The van der Waals surface area contributed by atoms with Gasteiger partial charge in [-0.25, -0.2) is 13.1 Å². The van der Waals surface area contributed by atoms with Crippen molar-refractivity contribution >= 4 is 21.4 Å². The molecule has 2 aromatic rings. The number of anilines is 2. The van der Waals surface area contributed by atoms with E-state index in [2.05, 4.69) is 20.6 Å². The van der Waals surface area contributed by atoms with Gasteiger partial charge in [0.15, 0.2) is 0 Å². The fourth-order valence-corrected chi connectivity index (χ4v) is 4.10. The maximum Gasteiger partial charge on any atom is 0.242 e. The summed E-state index contributed by atoms with van der Waals surface area (Å²) < 4.78 is 26.9. The summed E-state index contributed by atoms with van der Waals surface area (Å²) in [5, 5.41) is 0. The molecule has 0 aromatic heterocycles. The molecule has 134 valence electrons. The Morgan fingerprint density at radius 3 is 2.44 bits per heavy atom. The number of nitrogen functional groups attached to an aromatic ring is 1. The van der Waals surface area contributed by atoms with Crippen molar-refractivity contribution in [3.8, 4) is 0 Å². The second-order valence-corrected chi connectivity index (χ2v) is 8.04. The molecule has 1 saturated heterocycles. The van der Waals surface area contributed by atoms with Crippen LogP contribution in [0.3, 0.4) is 0 Å². The lowest BCUT2D eigenvalue weighted by molar-refractivity contribution is 0.249. The van der Waals surface area contributed by atoms with E-state index in [1.807, 2.05) is 30.3 Å². The Labute approximate surface area is 149 Å². The zero-order valence-electron chi connectivity index (χ0n) is 14.4. The molecule has 0 spiro atoms. The van der Waals surface area contributed by atoms with Crippen LogP contribution in [0.25, 0.3) is 0 Å². The number of para-hydroxylation sites is 1. The average molecular weight is 360 g/mol. The fourth-order valence-electron chi connectivity index (χ4n) is 3.15. The minimum Gasteiger partial charge on any atom is -0.399 e. The fraction of sp³-hybridized carbons (Fsp3) is 0.333. The first kappa shape index (κ1) is 17.7. The quantitative estimate of drug-likeness (QED) is 0.790. The van der Waals surface area contributed by atoms with E-state index in [1.54, 1.807) is 12.1 Å². The minimum atomic E-state index is -3.46. The van der Waals surface area contributed by atoms with E-state index in [9.17, 15) is 8.42 Å². The van der Waals surface area contributed by atoms with Gasteiger partial charge in [0.1, 0.15) is 4.90 Å². The van der Waals surface area contributed by atoms with E-state index in [1.165, 1.54) is 12.6 Å². The van der Waals surface area contributed by atoms with Crippen molar-refractivity contribution in [2.24, 2.45) is 0 Å². The predicted molar refractivity (Wildman–Crippen MR) is 101 cm³/mol. The van der Waals surface area contributed by atoms with E-state index in [0.717, 1.165) is 44.1 Å². The molecular weight excluding hydrogens is 336 g/mol. The van der Waals surface area contributed by atoms with Crippen LogP contribution in [0.4, 0.5) is 11.4 Å². The van der Waals surface area contributed by atoms with Crippen LogP contribution in [0.1, 0.15) is 5.56 Å². The maximum atomic E-state index is 12.2. The molecule has 0 aliphatic carbocycles. The third-order valence-corrected chi connectivity index (χ3v) is 5.96. The molecule has 0 radical (unpaired) electrons. The Balaban J connectivity index is 1.69. The number of hydrogen-bond donors (Lipinski definition) is 2. The van der Waals surface area contributed by atoms with Crippen LogP contribution in [-0.4, -0.2) is 46.5 Å². The number of nitrogens with two attached hydrogens (primary N) is 1. The molecule has 1 aliphatic heterocycles. The minimum absolute atomic E-state index is 0.335. The lowest BCUT2D eigenvalue weighted by Crippen LogP contribution is -2.46. The van der Waals surface area contributed by atoms with Crippen LogP contribution in [-0.2, 0) is 16.6 Å². The zero-order valence-corrected chi connectivity index (χ0v) is 15.2. The molecule has 7 heteroatoms. The number of hydrogen-bond acceptors (Lipinski definition) is 5. The number of rotatable bonds is 5. The summed E-state index contributed by atoms with van der Waals surface area (Å²) in [7, 11) is -2.02. The highest BCUT2D eigenvalue weighted by Gasteiger charge is 2.23. The van der Waals surface area contributed by atoms with Crippen molar-refractivity contribution in [3.63, 3.8) is 0 Å². The standard InChI is InChI=1S/C18H24N4O2S/c1-20-25(23,24)18-8-3-2-7-17(18)22-11-9-21(10-12-22)14-15-5-4-6-16(19)13-15/h2-8,13,20H,9-12,14,19H2,1H3. The van der Waals surface area contributed by atoms with Gasteiger partial charge in [0.2, 0.25) is 10.0 Å². The van der Waals surface area contributed by atoms with E-state index in [-0.39, 0.29) is 0 Å². The van der Waals surface area contributed by atoms with Gasteiger partial charge in [-0.1, -0.05) is 24.3 Å². The van der Waals surface area contributed by atoms with Gasteiger partial charge < -0.3 is 10.6 Å². The molecule has 1 heterocycles. The van der Waals surface area contributed by atoms with Crippen molar-refractivity contribution in [2.75, 3.05) is 43.9 Å². The average Bonchev–Trinajstić information content (AvgIpc) is 2.62. The second-order valence-electron chi connectivity index (χ2n) is 6.18. The van der Waals surface area contributed by atoms with E-state index in [0.29, 0.717) is 4.90 Å². The topological polar surface area (TPSA) is 78.7 Å². The first-order chi connectivity index (χ1) is 12.0. The van der Waals surface area contributed by atoms with Crippen molar-refractivity contribution in [3.05, 3.63) is 54.1 Å². The highest BCUT2D eigenvalue weighted by Crippen LogP contribution is 2.26. The molecule has 3 N–H and O–H groups in total. The number of nitrogens with one attached hydrogen (secondary N) is 1. The van der Waals surface area contributed by atoms with Crippen LogP contribution < -0.4 is 15.4 Å². The summed E-state index contributed by atoms with van der Waals surface area (Å²) in [6.07, 6.45) is 0. The molecule has 25 heavy (non-hydrogen) atoms. The van der Waals surface area contributed by atoms with Gasteiger partial charge in [0, 0.05) is 38.4 Å². The Kier molecular flexibility index (Phi) is 5.27. The van der Waals surface area contributed by atoms with Crippen molar-refractivity contribution < 1.29 is 8.42 Å². The Bertz CT molecular complexity index is 830. The monoisotopic (exact) mass is 360 g/mol. The van der Waals surface area contributed by atoms with Crippen molar-refractivity contribution in [1.82, 2.24) is 9.62 Å². The van der Waals surface area contributed by atoms with Crippen LogP contribution >= 0.6 is 0 Å². The summed E-state index contributed by atoms with van der Waals surface area (Å²) in [4.78, 5) is 4.84. The van der Waals surface area contributed by atoms with Gasteiger partial charge in [-0.2, -0.15) is 0 Å². The van der Waals surface area contributed by atoms with Crippen molar-refractivity contribution in [1.29, 1.82) is 0 Å². The third kappa shape index (κ3) is 4.12. The van der Waals surface area contributed by atoms with Crippen LogP contribution in [0.2, 0.25) is 0 Å². The highest BCUT2D eigenvalue weighted by atomic mass is 32.2. The Morgan fingerprint density at radius 1 is 1.04 bits per heavy atom. The van der Waals surface area contributed by atoms with Crippen LogP contribution in [0.5, 0.6) is 0 Å². The number of sulfonamides is 1. The van der Waals surface area contributed by atoms with Crippen molar-refractivity contribution in [2.45, 2.75) is 11.4 Å². The van der Waals surface area contributed by atoms with E-state index >= 15 is 0 Å². The van der Waals surface area contributed by atoms with E-state index in [4.69, 9.17) is 5.73 Å². The Hall–Kier alpha value is -2.09. The molecule has 1 fully saturated rings. The molecule has 0 unspecified atom stereocenters. The molecule has 1 aliphatic rings. The first-order valence-electron chi connectivity index (χ1n) is 8.34. The molecule has 0 saturated carbocycles. The summed E-state index contributed by atoms with van der Waals surface area (Å²) >= 11 is 0. The zero-order chi connectivity index (χ0) is 17.9. The maximum absolute atomic E-state index is 12.2. The van der Waals surface area contributed by atoms with Gasteiger partial charge in [0.25, 0.3) is 0 Å². The number of benzene rings is 2. The van der Waals surface area contributed by atoms with Gasteiger partial charge >= 0.3 is 0 Å². The van der Waals surface area contributed by atoms with Gasteiger partial charge in [-0.15, -0.1) is 0 Å². The van der Waals surface area contributed by atoms with E-state index < -0.39 is 10.0 Å². The summed E-state index contributed by atoms with van der Waals surface area (Å²) in [6.45, 7) is 4.19. The lowest BCUT2D eigenvalue weighted by atomic mass is 10.1. The Morgan fingerprint density at radius 2 is 1.76 bits per heavy atom. The SMILES string of the molecule is CNS(=O)(=O)c1ccccc1N1CCN(Cc2cccc(N)c2)CC1. The van der Waals surface area contributed by atoms with Crippen LogP contribution in [0.15, 0.2) is 53.4 Å². The second kappa shape index (κ2) is 7.43.